The maximum atomic E-state index is 13.0. The van der Waals surface area contributed by atoms with Crippen molar-refractivity contribution in [3.63, 3.8) is 0 Å². The second-order valence-electron chi connectivity index (χ2n) is 8.16. The quantitative estimate of drug-likeness (QED) is 0.592. The number of carbonyl (C=O) groups is 2. The van der Waals surface area contributed by atoms with Gasteiger partial charge in [0.2, 0.25) is 0 Å². The van der Waals surface area contributed by atoms with Gasteiger partial charge in [0.25, 0.3) is 5.91 Å². The second kappa shape index (κ2) is 8.70. The highest BCUT2D eigenvalue weighted by Crippen LogP contribution is 2.36. The summed E-state index contributed by atoms with van der Waals surface area (Å²) in [6.07, 6.45) is 4.37. The van der Waals surface area contributed by atoms with Gasteiger partial charge in [0.15, 0.2) is 0 Å². The average Bonchev–Trinajstić information content (AvgIpc) is 3.45. The molecule has 2 saturated heterocycles. The first-order valence-corrected chi connectivity index (χ1v) is 11.7. The third-order valence-corrected chi connectivity index (χ3v) is 7.13. The van der Waals surface area contributed by atoms with Gasteiger partial charge >= 0.3 is 6.09 Å². The SMILES string of the molecule is C[C@@H]1[C@H](c2ccccc2)OC(=O)N1C1CCN(C(=O)c2csc(-c3ccncc3)n2)CC1. The number of piperidine rings is 1. The van der Waals surface area contributed by atoms with Crippen LogP contribution in [0.5, 0.6) is 0 Å². The van der Waals surface area contributed by atoms with Gasteiger partial charge in [-0.15, -0.1) is 11.3 Å². The van der Waals surface area contributed by atoms with E-state index in [0.29, 0.717) is 18.8 Å². The van der Waals surface area contributed by atoms with E-state index in [9.17, 15) is 9.59 Å². The summed E-state index contributed by atoms with van der Waals surface area (Å²) in [6, 6.07) is 13.7. The number of carbonyl (C=O) groups excluding carboxylic acids is 2. The van der Waals surface area contributed by atoms with E-state index in [2.05, 4.69) is 9.97 Å². The fourth-order valence-corrected chi connectivity index (χ4v) is 5.36. The molecule has 2 amide bonds. The maximum absolute atomic E-state index is 13.0. The number of thiazole rings is 1. The number of rotatable bonds is 4. The molecule has 2 aliphatic heterocycles. The monoisotopic (exact) mass is 448 g/mol. The standard InChI is InChI=1S/C24H24N4O3S/c1-16-21(17-5-3-2-4-6-17)31-24(30)28(16)19-9-13-27(14-10-19)23(29)20-15-32-22(26-20)18-7-11-25-12-8-18/h2-8,11-12,15-16,19,21H,9-10,13-14H2,1H3/t16-,21-/m1/s1. The van der Waals surface area contributed by atoms with Gasteiger partial charge in [0.1, 0.15) is 16.8 Å². The zero-order valence-corrected chi connectivity index (χ0v) is 18.6. The first-order chi connectivity index (χ1) is 15.6. The molecule has 4 heterocycles. The van der Waals surface area contributed by atoms with E-state index in [-0.39, 0.29) is 30.2 Å². The Morgan fingerprint density at radius 3 is 2.53 bits per heavy atom. The summed E-state index contributed by atoms with van der Waals surface area (Å²) in [7, 11) is 0. The fraction of sp³-hybridized carbons (Fsp3) is 0.333. The average molecular weight is 449 g/mol. The van der Waals surface area contributed by atoms with Crippen LogP contribution >= 0.6 is 11.3 Å². The molecule has 0 bridgehead atoms. The number of amides is 2. The molecule has 2 aliphatic rings. The Kier molecular flexibility index (Phi) is 5.61. The second-order valence-corrected chi connectivity index (χ2v) is 9.02. The molecule has 7 nitrogen and oxygen atoms in total. The van der Waals surface area contributed by atoms with Gasteiger partial charge in [0.05, 0.1) is 6.04 Å². The van der Waals surface area contributed by atoms with Crippen molar-refractivity contribution in [3.8, 4) is 10.6 Å². The van der Waals surface area contributed by atoms with Crippen molar-refractivity contribution in [1.29, 1.82) is 0 Å². The Bertz CT molecular complexity index is 1100. The van der Waals surface area contributed by atoms with E-state index >= 15 is 0 Å². The minimum absolute atomic E-state index is 0.0430. The number of aromatic nitrogens is 2. The van der Waals surface area contributed by atoms with Crippen LogP contribution in [0.1, 0.15) is 41.9 Å². The van der Waals surface area contributed by atoms with Crippen molar-refractivity contribution in [2.75, 3.05) is 13.1 Å². The Morgan fingerprint density at radius 1 is 1.09 bits per heavy atom. The first-order valence-electron chi connectivity index (χ1n) is 10.8. The number of likely N-dealkylation sites (tertiary alicyclic amines) is 1. The maximum Gasteiger partial charge on any atom is 0.411 e. The normalized spacial score (nSPS) is 21.6. The molecule has 0 unspecified atom stereocenters. The number of hydrogen-bond donors (Lipinski definition) is 0. The predicted molar refractivity (Wildman–Crippen MR) is 121 cm³/mol. The zero-order chi connectivity index (χ0) is 22.1. The molecule has 0 spiro atoms. The molecular weight excluding hydrogens is 424 g/mol. The number of cyclic esters (lactones) is 1. The van der Waals surface area contributed by atoms with Crippen LogP contribution in [-0.2, 0) is 4.74 Å². The summed E-state index contributed by atoms with van der Waals surface area (Å²) in [5.41, 5.74) is 2.44. The Labute approximate surface area is 190 Å². The lowest BCUT2D eigenvalue weighted by Gasteiger charge is -2.37. The van der Waals surface area contributed by atoms with Crippen LogP contribution in [0, 0.1) is 0 Å². The smallest absolute Gasteiger partial charge is 0.411 e. The van der Waals surface area contributed by atoms with Gasteiger partial charge in [-0.25, -0.2) is 9.78 Å². The predicted octanol–water partition coefficient (Wildman–Crippen LogP) is 4.39. The number of hydrogen-bond acceptors (Lipinski definition) is 6. The van der Waals surface area contributed by atoms with Crippen LogP contribution in [0.25, 0.3) is 10.6 Å². The Balaban J connectivity index is 1.22. The number of ether oxygens (including phenoxy) is 1. The van der Waals surface area contributed by atoms with Crippen molar-refractivity contribution < 1.29 is 14.3 Å². The first kappa shape index (κ1) is 20.6. The van der Waals surface area contributed by atoms with Gasteiger partial charge in [-0.2, -0.15) is 0 Å². The summed E-state index contributed by atoms with van der Waals surface area (Å²) in [6.45, 7) is 3.23. The van der Waals surface area contributed by atoms with E-state index in [0.717, 1.165) is 29.0 Å². The summed E-state index contributed by atoms with van der Waals surface area (Å²) >= 11 is 1.46. The molecule has 32 heavy (non-hydrogen) atoms. The lowest BCUT2D eigenvalue weighted by molar-refractivity contribution is 0.0636. The van der Waals surface area contributed by atoms with E-state index in [1.54, 1.807) is 12.4 Å². The van der Waals surface area contributed by atoms with Crippen LogP contribution in [0.15, 0.2) is 60.2 Å². The summed E-state index contributed by atoms with van der Waals surface area (Å²) in [5, 5.41) is 2.63. The minimum Gasteiger partial charge on any atom is -0.439 e. The highest BCUT2D eigenvalue weighted by molar-refractivity contribution is 7.13. The van der Waals surface area contributed by atoms with Gasteiger partial charge < -0.3 is 9.64 Å². The van der Waals surface area contributed by atoms with E-state index in [1.165, 1.54) is 11.3 Å². The number of pyridine rings is 1. The topological polar surface area (TPSA) is 75.6 Å². The molecule has 0 N–H and O–H groups in total. The lowest BCUT2D eigenvalue weighted by Crippen LogP contribution is -2.49. The van der Waals surface area contributed by atoms with E-state index < -0.39 is 0 Å². The van der Waals surface area contributed by atoms with Crippen LogP contribution in [-0.4, -0.2) is 56.9 Å². The van der Waals surface area contributed by atoms with Gasteiger partial charge in [-0.3, -0.25) is 14.7 Å². The van der Waals surface area contributed by atoms with Gasteiger partial charge in [0, 0.05) is 42.5 Å². The highest BCUT2D eigenvalue weighted by Gasteiger charge is 2.44. The molecular formula is C24H24N4O3S. The van der Waals surface area contributed by atoms with Gasteiger partial charge in [-0.05, 0) is 37.5 Å². The molecule has 2 aromatic heterocycles. The zero-order valence-electron chi connectivity index (χ0n) is 17.8. The molecule has 164 valence electrons. The van der Waals surface area contributed by atoms with E-state index in [4.69, 9.17) is 4.74 Å². The van der Waals surface area contributed by atoms with Crippen LogP contribution in [0.3, 0.4) is 0 Å². The molecule has 0 aliphatic carbocycles. The fourth-order valence-electron chi connectivity index (χ4n) is 4.56. The molecule has 5 rings (SSSR count). The van der Waals surface area contributed by atoms with Crippen molar-refractivity contribution in [3.05, 3.63) is 71.5 Å². The minimum atomic E-state index is -0.266. The highest BCUT2D eigenvalue weighted by atomic mass is 32.1. The van der Waals surface area contributed by atoms with Crippen LogP contribution in [0.2, 0.25) is 0 Å². The molecule has 3 aromatic rings. The van der Waals surface area contributed by atoms with Gasteiger partial charge in [-0.1, -0.05) is 30.3 Å². The summed E-state index contributed by atoms with van der Waals surface area (Å²) in [5.74, 6) is -0.0563. The van der Waals surface area contributed by atoms with Crippen LogP contribution < -0.4 is 0 Å². The van der Waals surface area contributed by atoms with Crippen molar-refractivity contribution in [2.45, 2.75) is 38.0 Å². The van der Waals surface area contributed by atoms with Crippen LogP contribution in [0.4, 0.5) is 4.79 Å². The largest absolute Gasteiger partial charge is 0.439 e. The molecule has 8 heteroatoms. The van der Waals surface area contributed by atoms with Crippen molar-refractivity contribution in [2.24, 2.45) is 0 Å². The Morgan fingerprint density at radius 2 is 1.81 bits per heavy atom. The third-order valence-electron chi connectivity index (χ3n) is 6.24. The number of benzene rings is 1. The van der Waals surface area contributed by atoms with Crippen molar-refractivity contribution in [1.82, 2.24) is 19.8 Å². The molecule has 0 radical (unpaired) electrons. The summed E-state index contributed by atoms with van der Waals surface area (Å²) in [4.78, 5) is 37.9. The molecule has 0 saturated carbocycles. The van der Waals surface area contributed by atoms with E-state index in [1.807, 2.05) is 64.6 Å². The molecule has 1 aromatic carbocycles. The van der Waals surface area contributed by atoms with Crippen molar-refractivity contribution >= 4 is 23.3 Å². The Hall–Kier alpha value is -3.26. The number of nitrogens with zero attached hydrogens (tertiary/aromatic N) is 4. The lowest BCUT2D eigenvalue weighted by atomic mass is 9.98. The molecule has 2 fully saturated rings. The summed E-state index contributed by atoms with van der Waals surface area (Å²) < 4.78 is 5.71. The third kappa shape index (κ3) is 3.86. The molecule has 2 atom stereocenters.